The Morgan fingerprint density at radius 2 is 1.84 bits per heavy atom. The van der Waals surface area contributed by atoms with E-state index < -0.39 is 10.0 Å². The fourth-order valence-electron chi connectivity index (χ4n) is 5.17. The lowest BCUT2D eigenvalue weighted by Crippen LogP contribution is -2.10. The van der Waals surface area contributed by atoms with Crippen molar-refractivity contribution in [2.24, 2.45) is 0 Å². The van der Waals surface area contributed by atoms with Crippen LogP contribution in [0.2, 0.25) is 0 Å². The summed E-state index contributed by atoms with van der Waals surface area (Å²) in [6, 6.07) is 12.8. The summed E-state index contributed by atoms with van der Waals surface area (Å²) in [5.74, 6) is 0. The van der Waals surface area contributed by atoms with Crippen molar-refractivity contribution < 1.29 is 8.42 Å². The molecule has 5 rings (SSSR count). The van der Waals surface area contributed by atoms with Gasteiger partial charge in [0.15, 0.2) is 0 Å². The average Bonchev–Trinajstić information content (AvgIpc) is 2.79. The summed E-state index contributed by atoms with van der Waals surface area (Å²) in [7, 11) is -3.56. The van der Waals surface area contributed by atoms with Crippen molar-refractivity contribution in [1.29, 1.82) is 0 Å². The number of aryl methyl sites for hydroxylation is 3. The molecule has 0 bridgehead atoms. The SMILES string of the molecule is C=CS(=O)(=O)Nc1cccc(-c2cc3c(c4ccc5c(c24)CCCC5)CCC=C3)c1C. The summed E-state index contributed by atoms with van der Waals surface area (Å²) in [4.78, 5) is 0. The van der Waals surface area contributed by atoms with Crippen LogP contribution >= 0.6 is 0 Å². The van der Waals surface area contributed by atoms with Crippen molar-refractivity contribution in [2.45, 2.75) is 45.4 Å². The molecule has 3 aromatic rings. The number of nitrogens with one attached hydrogen (secondary N) is 1. The van der Waals surface area contributed by atoms with Gasteiger partial charge in [0.05, 0.1) is 5.69 Å². The molecule has 0 saturated heterocycles. The predicted molar refractivity (Wildman–Crippen MR) is 131 cm³/mol. The maximum Gasteiger partial charge on any atom is 0.254 e. The van der Waals surface area contributed by atoms with Gasteiger partial charge in [0.2, 0.25) is 0 Å². The Morgan fingerprint density at radius 3 is 2.68 bits per heavy atom. The topological polar surface area (TPSA) is 46.2 Å². The summed E-state index contributed by atoms with van der Waals surface area (Å²) in [5.41, 5.74) is 9.48. The van der Waals surface area contributed by atoms with Crippen molar-refractivity contribution >= 4 is 32.6 Å². The second kappa shape index (κ2) is 7.69. The molecule has 0 aromatic heterocycles. The van der Waals surface area contributed by atoms with Gasteiger partial charge in [0.1, 0.15) is 0 Å². The molecule has 0 heterocycles. The van der Waals surface area contributed by atoms with E-state index in [2.05, 4.69) is 47.7 Å². The molecule has 3 aromatic carbocycles. The zero-order valence-electron chi connectivity index (χ0n) is 17.9. The molecule has 158 valence electrons. The smallest absolute Gasteiger partial charge is 0.254 e. The van der Waals surface area contributed by atoms with Crippen LogP contribution in [0.3, 0.4) is 0 Å². The highest BCUT2D eigenvalue weighted by molar-refractivity contribution is 7.95. The summed E-state index contributed by atoms with van der Waals surface area (Å²) >= 11 is 0. The zero-order valence-corrected chi connectivity index (χ0v) is 18.7. The largest absolute Gasteiger partial charge is 0.280 e. The first-order chi connectivity index (χ1) is 15.0. The quantitative estimate of drug-likeness (QED) is 0.512. The zero-order chi connectivity index (χ0) is 21.6. The number of fused-ring (bicyclic) bond motifs is 5. The van der Waals surface area contributed by atoms with Gasteiger partial charge >= 0.3 is 0 Å². The van der Waals surface area contributed by atoms with E-state index in [9.17, 15) is 8.42 Å². The molecule has 0 fully saturated rings. The van der Waals surface area contributed by atoms with Crippen molar-refractivity contribution in [3.8, 4) is 11.1 Å². The van der Waals surface area contributed by atoms with Crippen LogP contribution in [-0.2, 0) is 29.3 Å². The number of allylic oxidation sites excluding steroid dienone is 1. The molecular formula is C27H27NO2S. The van der Waals surface area contributed by atoms with E-state index in [1.54, 1.807) is 0 Å². The van der Waals surface area contributed by atoms with Crippen LogP contribution in [-0.4, -0.2) is 8.42 Å². The minimum Gasteiger partial charge on any atom is -0.280 e. The Labute approximate surface area is 184 Å². The van der Waals surface area contributed by atoms with Crippen molar-refractivity contribution in [2.75, 3.05) is 4.72 Å². The highest BCUT2D eigenvalue weighted by Crippen LogP contribution is 2.42. The third-order valence-corrected chi connectivity index (χ3v) is 7.67. The Morgan fingerprint density at radius 1 is 1.00 bits per heavy atom. The Bertz CT molecular complexity index is 1350. The molecule has 2 aliphatic carbocycles. The molecule has 31 heavy (non-hydrogen) atoms. The van der Waals surface area contributed by atoms with E-state index >= 15 is 0 Å². The molecule has 0 unspecified atom stereocenters. The number of sulfonamides is 1. The standard InChI is InChI=1S/C27H27NO2S/c1-3-31(29,30)28-26-14-8-13-21(18(26)2)25-17-20-10-5-6-11-22(20)24-16-15-19-9-4-7-12-23(19)27(24)25/h3,5,8,10,13-17,28H,1,4,6-7,9,11-12H2,2H3. The second-order valence-electron chi connectivity index (χ2n) is 8.56. The molecule has 3 nitrogen and oxygen atoms in total. The highest BCUT2D eigenvalue weighted by atomic mass is 32.2. The Hall–Kier alpha value is -2.85. The minimum absolute atomic E-state index is 0.601. The molecule has 0 radical (unpaired) electrons. The van der Waals surface area contributed by atoms with E-state index in [4.69, 9.17) is 0 Å². The maximum absolute atomic E-state index is 12.1. The van der Waals surface area contributed by atoms with Crippen LogP contribution < -0.4 is 4.72 Å². The monoisotopic (exact) mass is 429 g/mol. The van der Waals surface area contributed by atoms with Gasteiger partial charge in [-0.2, -0.15) is 0 Å². The molecule has 4 heteroatoms. The number of hydrogen-bond acceptors (Lipinski definition) is 2. The summed E-state index contributed by atoms with van der Waals surface area (Å²) in [6.07, 6.45) is 11.4. The lowest BCUT2D eigenvalue weighted by Gasteiger charge is -2.25. The van der Waals surface area contributed by atoms with E-state index in [0.29, 0.717) is 5.69 Å². The fraction of sp³-hybridized carbons (Fsp3) is 0.259. The molecule has 0 spiro atoms. The van der Waals surface area contributed by atoms with Crippen molar-refractivity contribution in [3.05, 3.63) is 82.3 Å². The van der Waals surface area contributed by atoms with E-state index in [-0.39, 0.29) is 0 Å². The van der Waals surface area contributed by atoms with Gasteiger partial charge in [-0.15, -0.1) is 0 Å². The van der Waals surface area contributed by atoms with Gasteiger partial charge in [-0.1, -0.05) is 43.0 Å². The van der Waals surface area contributed by atoms with Crippen LogP contribution in [0, 0.1) is 6.92 Å². The molecular weight excluding hydrogens is 402 g/mol. The summed E-state index contributed by atoms with van der Waals surface area (Å²) in [6.45, 7) is 5.41. The van der Waals surface area contributed by atoms with E-state index in [1.807, 2.05) is 19.1 Å². The predicted octanol–water partition coefficient (Wildman–Crippen LogP) is 6.54. The Balaban J connectivity index is 1.82. The summed E-state index contributed by atoms with van der Waals surface area (Å²) < 4.78 is 26.9. The summed E-state index contributed by atoms with van der Waals surface area (Å²) in [5, 5.41) is 3.67. The van der Waals surface area contributed by atoms with Crippen molar-refractivity contribution in [3.63, 3.8) is 0 Å². The van der Waals surface area contributed by atoms with Gasteiger partial charge < -0.3 is 0 Å². The van der Waals surface area contributed by atoms with E-state index in [1.165, 1.54) is 51.4 Å². The van der Waals surface area contributed by atoms with Gasteiger partial charge in [-0.05, 0) is 107 Å². The normalized spacial score (nSPS) is 15.4. The van der Waals surface area contributed by atoms with Crippen LogP contribution in [0.1, 0.15) is 47.1 Å². The van der Waals surface area contributed by atoms with Crippen LogP contribution in [0.25, 0.3) is 28.0 Å². The first-order valence-electron chi connectivity index (χ1n) is 11.0. The fourth-order valence-corrected chi connectivity index (χ4v) is 5.78. The Kier molecular flexibility index (Phi) is 4.98. The van der Waals surface area contributed by atoms with Crippen LogP contribution in [0.4, 0.5) is 5.69 Å². The molecule has 2 aliphatic rings. The average molecular weight is 430 g/mol. The van der Waals surface area contributed by atoms with Gasteiger partial charge in [0.25, 0.3) is 10.0 Å². The molecule has 1 N–H and O–H groups in total. The molecule has 0 saturated carbocycles. The second-order valence-corrected chi connectivity index (χ2v) is 10.2. The third-order valence-electron chi connectivity index (χ3n) is 6.73. The first kappa shape index (κ1) is 20.1. The van der Waals surface area contributed by atoms with Gasteiger partial charge in [0, 0.05) is 5.41 Å². The lowest BCUT2D eigenvalue weighted by atomic mass is 9.80. The minimum atomic E-state index is -3.56. The highest BCUT2D eigenvalue weighted by Gasteiger charge is 2.21. The number of rotatable bonds is 4. The molecule has 0 atom stereocenters. The van der Waals surface area contributed by atoms with Gasteiger partial charge in [-0.3, -0.25) is 4.72 Å². The van der Waals surface area contributed by atoms with Crippen LogP contribution in [0.5, 0.6) is 0 Å². The lowest BCUT2D eigenvalue weighted by molar-refractivity contribution is 0.609. The van der Waals surface area contributed by atoms with Crippen LogP contribution in [0.15, 0.2) is 54.5 Å². The van der Waals surface area contributed by atoms with E-state index in [0.717, 1.165) is 42.2 Å². The number of anilines is 1. The third kappa shape index (κ3) is 3.49. The van der Waals surface area contributed by atoms with Crippen molar-refractivity contribution in [1.82, 2.24) is 0 Å². The number of benzene rings is 3. The molecule has 0 aliphatic heterocycles. The molecule has 0 amide bonds. The first-order valence-corrected chi connectivity index (χ1v) is 12.6. The maximum atomic E-state index is 12.1. The van der Waals surface area contributed by atoms with Gasteiger partial charge in [-0.25, -0.2) is 8.42 Å². The number of hydrogen-bond donors (Lipinski definition) is 1.